The number of ether oxygens (including phenoxy) is 1. The summed E-state index contributed by atoms with van der Waals surface area (Å²) in [5.74, 6) is -1.03. The van der Waals surface area contributed by atoms with Crippen LogP contribution in [-0.2, 0) is 4.74 Å². The summed E-state index contributed by atoms with van der Waals surface area (Å²) in [6, 6.07) is 12.9. The average Bonchev–Trinajstić information content (AvgIpc) is 3.08. The minimum Gasteiger partial charge on any atom is -0.383 e. The SMILES string of the molecule is COCCN(C(=O)c1cc2cccc(Cl)c2[nH]1)c1ccc(C#N)c(F)c1. The lowest BCUT2D eigenvalue weighted by atomic mass is 10.2. The van der Waals surface area contributed by atoms with E-state index in [1.54, 1.807) is 24.3 Å². The summed E-state index contributed by atoms with van der Waals surface area (Å²) < 4.78 is 19.1. The lowest BCUT2D eigenvalue weighted by Crippen LogP contribution is -2.34. The van der Waals surface area contributed by atoms with E-state index in [1.807, 2.05) is 6.07 Å². The van der Waals surface area contributed by atoms with Crippen LogP contribution >= 0.6 is 11.6 Å². The first-order valence-corrected chi connectivity index (χ1v) is 8.20. The molecule has 1 aromatic heterocycles. The van der Waals surface area contributed by atoms with Crippen LogP contribution in [0.3, 0.4) is 0 Å². The van der Waals surface area contributed by atoms with Gasteiger partial charge in [0.15, 0.2) is 0 Å². The average molecular weight is 372 g/mol. The first-order chi connectivity index (χ1) is 12.5. The zero-order chi connectivity index (χ0) is 18.7. The number of aromatic amines is 1. The van der Waals surface area contributed by atoms with Gasteiger partial charge in [0, 0.05) is 24.7 Å². The Kier molecular flexibility index (Phi) is 5.21. The van der Waals surface area contributed by atoms with Gasteiger partial charge in [-0.05, 0) is 30.3 Å². The Morgan fingerprint density at radius 2 is 2.15 bits per heavy atom. The van der Waals surface area contributed by atoms with E-state index in [9.17, 15) is 9.18 Å². The van der Waals surface area contributed by atoms with Gasteiger partial charge in [0.25, 0.3) is 5.91 Å². The standard InChI is InChI=1S/C19H15ClFN3O2/c1-26-8-7-24(14-6-5-13(11-22)16(21)10-14)19(25)17-9-12-3-2-4-15(20)18(12)23-17/h2-6,9-10,23H,7-8H2,1H3. The number of nitrogens with one attached hydrogen (secondary N) is 1. The number of H-pyrrole nitrogens is 1. The van der Waals surface area contributed by atoms with Gasteiger partial charge >= 0.3 is 0 Å². The van der Waals surface area contributed by atoms with Crippen molar-refractivity contribution in [3.63, 3.8) is 0 Å². The van der Waals surface area contributed by atoms with E-state index >= 15 is 0 Å². The maximum Gasteiger partial charge on any atom is 0.274 e. The summed E-state index contributed by atoms with van der Waals surface area (Å²) in [6.45, 7) is 0.498. The Bertz CT molecular complexity index is 1010. The summed E-state index contributed by atoms with van der Waals surface area (Å²) in [5.41, 5.74) is 1.25. The molecule has 0 spiro atoms. The molecule has 5 nitrogen and oxygen atoms in total. The number of hydrogen-bond donors (Lipinski definition) is 1. The molecule has 1 amide bonds. The molecule has 0 unspecified atom stereocenters. The minimum absolute atomic E-state index is 0.0784. The van der Waals surface area contributed by atoms with Crippen molar-refractivity contribution in [2.24, 2.45) is 0 Å². The molecule has 2 aromatic carbocycles. The summed E-state index contributed by atoms with van der Waals surface area (Å²) in [7, 11) is 1.52. The molecule has 3 rings (SSSR count). The van der Waals surface area contributed by atoms with Crippen LogP contribution in [0.4, 0.5) is 10.1 Å². The Morgan fingerprint density at radius 1 is 1.35 bits per heavy atom. The molecule has 0 bridgehead atoms. The zero-order valence-corrected chi connectivity index (χ0v) is 14.7. The van der Waals surface area contributed by atoms with Crippen molar-refractivity contribution in [3.8, 4) is 6.07 Å². The van der Waals surface area contributed by atoms with E-state index in [1.165, 1.54) is 30.2 Å². The van der Waals surface area contributed by atoms with Crippen molar-refractivity contribution in [2.75, 3.05) is 25.2 Å². The molecule has 0 aliphatic rings. The predicted molar refractivity (Wildman–Crippen MR) is 98.0 cm³/mol. The normalized spacial score (nSPS) is 10.7. The number of nitriles is 1. The van der Waals surface area contributed by atoms with Crippen molar-refractivity contribution in [2.45, 2.75) is 0 Å². The monoisotopic (exact) mass is 371 g/mol. The molecule has 3 aromatic rings. The molecular weight excluding hydrogens is 357 g/mol. The smallest absolute Gasteiger partial charge is 0.274 e. The van der Waals surface area contributed by atoms with Crippen molar-refractivity contribution in [1.29, 1.82) is 5.26 Å². The summed E-state index contributed by atoms with van der Waals surface area (Å²) >= 11 is 6.15. The second-order valence-electron chi connectivity index (χ2n) is 5.61. The molecule has 0 aliphatic carbocycles. The van der Waals surface area contributed by atoms with E-state index in [0.29, 0.717) is 21.9 Å². The first kappa shape index (κ1) is 17.9. The molecule has 1 heterocycles. The number of amides is 1. The Labute approximate surface area is 154 Å². The molecule has 0 atom stereocenters. The minimum atomic E-state index is -0.681. The number of hydrogen-bond acceptors (Lipinski definition) is 3. The summed E-state index contributed by atoms with van der Waals surface area (Å²) in [4.78, 5) is 17.4. The van der Waals surface area contributed by atoms with Crippen LogP contribution in [0.5, 0.6) is 0 Å². The Balaban J connectivity index is 2.01. The van der Waals surface area contributed by atoms with E-state index in [0.717, 1.165) is 5.39 Å². The molecule has 0 radical (unpaired) electrons. The largest absolute Gasteiger partial charge is 0.383 e. The van der Waals surface area contributed by atoms with Gasteiger partial charge in [-0.2, -0.15) is 5.26 Å². The lowest BCUT2D eigenvalue weighted by Gasteiger charge is -2.22. The highest BCUT2D eigenvalue weighted by Gasteiger charge is 2.21. The van der Waals surface area contributed by atoms with Gasteiger partial charge in [-0.25, -0.2) is 4.39 Å². The Hall–Kier alpha value is -2.88. The number of halogens is 2. The summed E-state index contributed by atoms with van der Waals surface area (Å²) in [5, 5.41) is 10.2. The molecular formula is C19H15ClFN3O2. The number of carbonyl (C=O) groups is 1. The Morgan fingerprint density at radius 3 is 2.81 bits per heavy atom. The molecule has 26 heavy (non-hydrogen) atoms. The number of methoxy groups -OCH3 is 1. The third kappa shape index (κ3) is 3.40. The molecule has 132 valence electrons. The topological polar surface area (TPSA) is 69.1 Å². The van der Waals surface area contributed by atoms with Gasteiger partial charge in [-0.1, -0.05) is 23.7 Å². The molecule has 0 saturated heterocycles. The van der Waals surface area contributed by atoms with E-state index in [4.69, 9.17) is 21.6 Å². The number of fused-ring (bicyclic) bond motifs is 1. The third-order valence-electron chi connectivity index (χ3n) is 3.98. The fourth-order valence-corrected chi connectivity index (χ4v) is 2.90. The second kappa shape index (κ2) is 7.56. The van der Waals surface area contributed by atoms with Gasteiger partial charge in [-0.15, -0.1) is 0 Å². The number of aromatic nitrogens is 1. The van der Waals surface area contributed by atoms with Crippen molar-refractivity contribution >= 4 is 34.1 Å². The molecule has 0 aliphatic heterocycles. The van der Waals surface area contributed by atoms with Crippen molar-refractivity contribution < 1.29 is 13.9 Å². The highest BCUT2D eigenvalue weighted by Crippen LogP contribution is 2.26. The highest BCUT2D eigenvalue weighted by atomic mass is 35.5. The van der Waals surface area contributed by atoms with Gasteiger partial charge in [0.1, 0.15) is 17.6 Å². The van der Waals surface area contributed by atoms with E-state index in [2.05, 4.69) is 4.98 Å². The highest BCUT2D eigenvalue weighted by molar-refractivity contribution is 6.35. The van der Waals surface area contributed by atoms with Gasteiger partial charge < -0.3 is 14.6 Å². The fraction of sp³-hybridized carbons (Fsp3) is 0.158. The summed E-state index contributed by atoms with van der Waals surface area (Å²) in [6.07, 6.45) is 0. The fourth-order valence-electron chi connectivity index (χ4n) is 2.67. The maximum absolute atomic E-state index is 14.0. The van der Waals surface area contributed by atoms with Crippen LogP contribution in [0, 0.1) is 17.1 Å². The van der Waals surface area contributed by atoms with E-state index < -0.39 is 5.82 Å². The van der Waals surface area contributed by atoms with Crippen LogP contribution in [0.25, 0.3) is 10.9 Å². The quantitative estimate of drug-likeness (QED) is 0.733. The van der Waals surface area contributed by atoms with Gasteiger partial charge in [0.2, 0.25) is 0 Å². The van der Waals surface area contributed by atoms with Crippen LogP contribution in [-0.4, -0.2) is 31.2 Å². The number of carbonyl (C=O) groups excluding carboxylic acids is 1. The third-order valence-corrected chi connectivity index (χ3v) is 4.30. The van der Waals surface area contributed by atoms with Crippen LogP contribution < -0.4 is 4.90 Å². The lowest BCUT2D eigenvalue weighted by molar-refractivity contribution is 0.0972. The zero-order valence-electron chi connectivity index (χ0n) is 13.9. The van der Waals surface area contributed by atoms with Crippen LogP contribution in [0.2, 0.25) is 5.02 Å². The van der Waals surface area contributed by atoms with Gasteiger partial charge in [-0.3, -0.25) is 4.79 Å². The number of para-hydroxylation sites is 1. The number of anilines is 1. The predicted octanol–water partition coefficient (Wildman–Crippen LogP) is 4.13. The van der Waals surface area contributed by atoms with Gasteiger partial charge in [0.05, 0.1) is 22.7 Å². The number of benzene rings is 2. The van der Waals surface area contributed by atoms with Crippen molar-refractivity contribution in [1.82, 2.24) is 4.98 Å². The molecule has 1 N–H and O–H groups in total. The maximum atomic E-state index is 14.0. The van der Waals surface area contributed by atoms with E-state index in [-0.39, 0.29) is 24.6 Å². The molecule has 7 heteroatoms. The molecule has 0 saturated carbocycles. The number of rotatable bonds is 5. The molecule has 0 fully saturated rings. The van der Waals surface area contributed by atoms with Crippen LogP contribution in [0.15, 0.2) is 42.5 Å². The van der Waals surface area contributed by atoms with Crippen molar-refractivity contribution in [3.05, 3.63) is 64.6 Å². The van der Waals surface area contributed by atoms with Crippen LogP contribution in [0.1, 0.15) is 16.1 Å². The first-order valence-electron chi connectivity index (χ1n) is 7.83. The number of nitrogens with zero attached hydrogens (tertiary/aromatic N) is 2. The second-order valence-corrected chi connectivity index (χ2v) is 6.02.